The molecular formula is C10H14N2O2. The van der Waals surface area contributed by atoms with E-state index in [9.17, 15) is 4.79 Å². The average Bonchev–Trinajstić information content (AvgIpc) is 2.15. The molecule has 0 heterocycles. The second-order valence-corrected chi connectivity index (χ2v) is 2.93. The molecule has 0 aliphatic carbocycles. The predicted molar refractivity (Wildman–Crippen MR) is 53.7 cm³/mol. The summed E-state index contributed by atoms with van der Waals surface area (Å²) in [5.41, 5.74) is 5.57. The summed E-state index contributed by atoms with van der Waals surface area (Å²) >= 11 is 0. The van der Waals surface area contributed by atoms with E-state index in [4.69, 9.17) is 10.5 Å². The van der Waals surface area contributed by atoms with Crippen LogP contribution in [0.4, 0.5) is 0 Å². The summed E-state index contributed by atoms with van der Waals surface area (Å²) in [4.78, 5) is 10.6. The van der Waals surface area contributed by atoms with E-state index in [-0.39, 0.29) is 12.5 Å². The number of carbonyl (C=O) groups excluding carboxylic acids is 1. The van der Waals surface area contributed by atoms with Gasteiger partial charge in [-0.15, -0.1) is 0 Å². The molecule has 1 rings (SSSR count). The molecule has 0 saturated heterocycles. The van der Waals surface area contributed by atoms with E-state index in [1.54, 1.807) is 0 Å². The first-order valence-electron chi connectivity index (χ1n) is 4.39. The topological polar surface area (TPSA) is 64.4 Å². The van der Waals surface area contributed by atoms with Crippen LogP contribution in [-0.2, 0) is 4.79 Å². The van der Waals surface area contributed by atoms with Gasteiger partial charge in [-0.2, -0.15) is 0 Å². The Hall–Kier alpha value is -1.55. The van der Waals surface area contributed by atoms with Crippen molar-refractivity contribution in [2.75, 3.05) is 6.61 Å². The summed E-state index contributed by atoms with van der Waals surface area (Å²) in [5.74, 6) is 0.586. The number of nitrogens with one attached hydrogen (secondary N) is 1. The molecule has 4 heteroatoms. The maximum atomic E-state index is 10.6. The maximum Gasteiger partial charge on any atom is 0.218 e. The highest BCUT2D eigenvalue weighted by Gasteiger charge is 2.03. The Kier molecular flexibility index (Phi) is 3.94. The molecule has 0 fully saturated rings. The van der Waals surface area contributed by atoms with E-state index in [1.165, 1.54) is 6.92 Å². The molecule has 0 saturated carbocycles. The Bertz CT molecular complexity index is 287. The fourth-order valence-corrected chi connectivity index (χ4v) is 1.01. The molecule has 14 heavy (non-hydrogen) atoms. The number of ether oxygens (including phenoxy) is 1. The van der Waals surface area contributed by atoms with Crippen molar-refractivity contribution in [1.29, 1.82) is 0 Å². The van der Waals surface area contributed by atoms with Crippen molar-refractivity contribution in [2.24, 2.45) is 5.73 Å². The first kappa shape index (κ1) is 10.5. The Morgan fingerprint density at radius 1 is 1.50 bits per heavy atom. The van der Waals surface area contributed by atoms with Crippen LogP contribution < -0.4 is 15.8 Å². The van der Waals surface area contributed by atoms with E-state index in [2.05, 4.69) is 5.32 Å². The van der Waals surface area contributed by atoms with Gasteiger partial charge in [-0.25, -0.2) is 0 Å². The van der Waals surface area contributed by atoms with Gasteiger partial charge in [0.15, 0.2) is 0 Å². The van der Waals surface area contributed by atoms with E-state index in [0.717, 1.165) is 5.75 Å². The second-order valence-electron chi connectivity index (χ2n) is 2.93. The van der Waals surface area contributed by atoms with Crippen LogP contribution in [0.5, 0.6) is 5.75 Å². The fourth-order valence-electron chi connectivity index (χ4n) is 1.01. The Morgan fingerprint density at radius 2 is 2.14 bits per heavy atom. The molecule has 0 aromatic heterocycles. The predicted octanol–water partition coefficient (Wildman–Crippen LogP) is 0.486. The van der Waals surface area contributed by atoms with Gasteiger partial charge < -0.3 is 15.8 Å². The highest BCUT2D eigenvalue weighted by atomic mass is 16.5. The third kappa shape index (κ3) is 3.91. The van der Waals surface area contributed by atoms with Crippen LogP contribution in [0.3, 0.4) is 0 Å². The number of hydrogen-bond acceptors (Lipinski definition) is 3. The summed E-state index contributed by atoms with van der Waals surface area (Å²) in [7, 11) is 0. The van der Waals surface area contributed by atoms with Crippen molar-refractivity contribution < 1.29 is 9.53 Å². The molecule has 1 aromatic rings. The lowest BCUT2D eigenvalue weighted by Crippen LogP contribution is -2.44. The molecular weight excluding hydrogens is 180 g/mol. The van der Waals surface area contributed by atoms with Crippen molar-refractivity contribution in [1.82, 2.24) is 5.32 Å². The van der Waals surface area contributed by atoms with Gasteiger partial charge in [0.2, 0.25) is 5.91 Å². The van der Waals surface area contributed by atoms with E-state index in [0.29, 0.717) is 0 Å². The maximum absolute atomic E-state index is 10.6. The van der Waals surface area contributed by atoms with Crippen LogP contribution in [0, 0.1) is 0 Å². The van der Waals surface area contributed by atoms with Crippen molar-refractivity contribution in [3.63, 3.8) is 0 Å². The van der Waals surface area contributed by atoms with Crippen LogP contribution >= 0.6 is 0 Å². The minimum Gasteiger partial charge on any atom is -0.490 e. The molecule has 0 radical (unpaired) electrons. The van der Waals surface area contributed by atoms with Gasteiger partial charge >= 0.3 is 0 Å². The van der Waals surface area contributed by atoms with Crippen molar-refractivity contribution in [3.05, 3.63) is 30.3 Å². The monoisotopic (exact) mass is 194 g/mol. The summed E-state index contributed by atoms with van der Waals surface area (Å²) in [5, 5.41) is 2.53. The second kappa shape index (κ2) is 5.24. The van der Waals surface area contributed by atoms with Crippen LogP contribution in [0.25, 0.3) is 0 Å². The first-order chi connectivity index (χ1) is 6.68. The normalized spacial score (nSPS) is 11.9. The smallest absolute Gasteiger partial charge is 0.218 e. The third-order valence-corrected chi connectivity index (χ3v) is 1.56. The number of benzene rings is 1. The van der Waals surface area contributed by atoms with Crippen molar-refractivity contribution in [3.8, 4) is 5.75 Å². The van der Waals surface area contributed by atoms with Crippen molar-refractivity contribution in [2.45, 2.75) is 13.1 Å². The van der Waals surface area contributed by atoms with Gasteiger partial charge in [-0.1, -0.05) is 18.2 Å². The Morgan fingerprint density at radius 3 is 2.71 bits per heavy atom. The molecule has 0 bridgehead atoms. The number of rotatable bonds is 4. The van der Waals surface area contributed by atoms with Gasteiger partial charge in [0.05, 0.1) is 0 Å². The SMILES string of the molecule is CC(=O)NC(N)COc1ccccc1. The highest BCUT2D eigenvalue weighted by molar-refractivity contribution is 5.73. The first-order valence-corrected chi connectivity index (χ1v) is 4.39. The average molecular weight is 194 g/mol. The van der Waals surface area contributed by atoms with Crippen LogP contribution in [-0.4, -0.2) is 18.7 Å². The molecule has 1 amide bonds. The van der Waals surface area contributed by atoms with Crippen LogP contribution in [0.1, 0.15) is 6.92 Å². The Balaban J connectivity index is 2.30. The quantitative estimate of drug-likeness (QED) is 0.685. The van der Waals surface area contributed by atoms with Gasteiger partial charge in [0.1, 0.15) is 18.5 Å². The molecule has 0 aliphatic rings. The zero-order chi connectivity index (χ0) is 10.4. The molecule has 0 spiro atoms. The van der Waals surface area contributed by atoms with Crippen LogP contribution in [0.15, 0.2) is 30.3 Å². The van der Waals surface area contributed by atoms with Crippen molar-refractivity contribution >= 4 is 5.91 Å². The van der Waals surface area contributed by atoms with E-state index in [1.807, 2.05) is 30.3 Å². The molecule has 1 aromatic carbocycles. The molecule has 0 aliphatic heterocycles. The summed E-state index contributed by atoms with van der Waals surface area (Å²) in [6, 6.07) is 9.32. The molecule has 1 atom stereocenters. The van der Waals surface area contributed by atoms with Gasteiger partial charge in [-0.3, -0.25) is 4.79 Å². The lowest BCUT2D eigenvalue weighted by atomic mass is 10.3. The zero-order valence-corrected chi connectivity index (χ0v) is 8.07. The zero-order valence-electron chi connectivity index (χ0n) is 8.07. The number of amides is 1. The van der Waals surface area contributed by atoms with E-state index < -0.39 is 6.17 Å². The molecule has 4 nitrogen and oxygen atoms in total. The molecule has 3 N–H and O–H groups in total. The number of para-hydroxylation sites is 1. The fraction of sp³-hybridized carbons (Fsp3) is 0.300. The summed E-state index contributed by atoms with van der Waals surface area (Å²) in [6.45, 7) is 1.69. The molecule has 76 valence electrons. The minimum absolute atomic E-state index is 0.158. The van der Waals surface area contributed by atoms with Gasteiger partial charge in [0, 0.05) is 6.92 Å². The number of nitrogens with two attached hydrogens (primary N) is 1. The lowest BCUT2D eigenvalue weighted by molar-refractivity contribution is -0.119. The Labute approximate surface area is 83.1 Å². The number of hydrogen-bond donors (Lipinski definition) is 2. The standard InChI is InChI=1S/C10H14N2O2/c1-8(13)12-10(11)7-14-9-5-3-2-4-6-9/h2-6,10H,7,11H2,1H3,(H,12,13). The van der Waals surface area contributed by atoms with Crippen LogP contribution in [0.2, 0.25) is 0 Å². The number of carbonyl (C=O) groups is 1. The summed E-state index contributed by atoms with van der Waals surface area (Å²) < 4.78 is 5.33. The minimum atomic E-state index is -0.465. The van der Waals surface area contributed by atoms with Gasteiger partial charge in [0.25, 0.3) is 0 Å². The largest absolute Gasteiger partial charge is 0.490 e. The third-order valence-electron chi connectivity index (χ3n) is 1.56. The van der Waals surface area contributed by atoms with E-state index >= 15 is 0 Å². The molecule has 1 unspecified atom stereocenters. The van der Waals surface area contributed by atoms with Gasteiger partial charge in [-0.05, 0) is 12.1 Å². The summed E-state index contributed by atoms with van der Waals surface area (Å²) in [6.07, 6.45) is -0.465. The lowest BCUT2D eigenvalue weighted by Gasteiger charge is -2.13. The highest BCUT2D eigenvalue weighted by Crippen LogP contribution is 2.07.